The molecule has 3 heterocycles. The molecule has 4 rings (SSSR count). The van der Waals surface area contributed by atoms with Crippen molar-refractivity contribution >= 4 is 10.0 Å². The molecule has 2 aliphatic rings. The smallest absolute Gasteiger partial charge is 0.243 e. The minimum atomic E-state index is -3.55. The quantitative estimate of drug-likeness (QED) is 0.748. The van der Waals surface area contributed by atoms with Crippen LogP contribution >= 0.6 is 0 Å². The highest BCUT2D eigenvalue weighted by molar-refractivity contribution is 7.89. The van der Waals surface area contributed by atoms with Gasteiger partial charge in [-0.15, -0.1) is 5.10 Å². The van der Waals surface area contributed by atoms with E-state index in [0.29, 0.717) is 30.4 Å². The zero-order valence-electron chi connectivity index (χ0n) is 17.4. The van der Waals surface area contributed by atoms with Gasteiger partial charge in [0.05, 0.1) is 17.1 Å². The fourth-order valence-corrected chi connectivity index (χ4v) is 5.64. The Balaban J connectivity index is 1.56. The lowest BCUT2D eigenvalue weighted by Gasteiger charge is -2.26. The minimum absolute atomic E-state index is 0.338. The van der Waals surface area contributed by atoms with Gasteiger partial charge in [0.1, 0.15) is 5.69 Å². The van der Waals surface area contributed by atoms with E-state index in [-0.39, 0.29) is 0 Å². The van der Waals surface area contributed by atoms with E-state index in [0.717, 1.165) is 43.0 Å². The first-order valence-electron chi connectivity index (χ1n) is 10.7. The number of nitrogens with zero attached hydrogens (tertiary/aromatic N) is 5. The molecule has 1 aromatic heterocycles. The average molecular weight is 418 g/mol. The van der Waals surface area contributed by atoms with Crippen LogP contribution in [0.2, 0.25) is 0 Å². The largest absolute Gasteiger partial charge is 0.297 e. The first-order valence-corrected chi connectivity index (χ1v) is 12.1. The summed E-state index contributed by atoms with van der Waals surface area (Å²) in [5.41, 5.74) is 3.01. The van der Waals surface area contributed by atoms with Crippen molar-refractivity contribution in [2.45, 2.75) is 70.0 Å². The standard InChI is InChI=1S/C21H31N5O2S/c1-17(2)18-7-9-19(10-8-18)29(27,28)25-13-6-14-26-21(16-25)20(22-23-26)15-24-11-4-3-5-12-24/h7-10,17H,3-6,11-16H2,1-2H3. The molecule has 1 fully saturated rings. The lowest BCUT2D eigenvalue weighted by molar-refractivity contribution is 0.217. The third-order valence-corrected chi connectivity index (χ3v) is 7.89. The van der Waals surface area contributed by atoms with Gasteiger partial charge in [0, 0.05) is 19.6 Å². The molecule has 7 nitrogen and oxygen atoms in total. The average Bonchev–Trinajstić information content (AvgIpc) is 2.96. The maximum atomic E-state index is 13.3. The highest BCUT2D eigenvalue weighted by atomic mass is 32.2. The number of piperidine rings is 1. The Morgan fingerprint density at radius 3 is 2.38 bits per heavy atom. The molecule has 158 valence electrons. The lowest BCUT2D eigenvalue weighted by atomic mass is 10.0. The summed E-state index contributed by atoms with van der Waals surface area (Å²) in [6, 6.07) is 7.31. The summed E-state index contributed by atoms with van der Waals surface area (Å²) in [5, 5.41) is 8.72. The number of benzene rings is 1. The molecule has 0 aliphatic carbocycles. The highest BCUT2D eigenvalue weighted by Crippen LogP contribution is 2.25. The van der Waals surface area contributed by atoms with Crippen LogP contribution in [0.1, 0.15) is 62.4 Å². The maximum Gasteiger partial charge on any atom is 0.243 e. The second kappa shape index (κ2) is 8.53. The zero-order chi connectivity index (χ0) is 20.4. The predicted octanol–water partition coefficient (Wildman–Crippen LogP) is 2.98. The van der Waals surface area contributed by atoms with Crippen molar-refractivity contribution in [2.75, 3.05) is 19.6 Å². The molecule has 1 aromatic carbocycles. The molecule has 0 unspecified atom stereocenters. The van der Waals surface area contributed by atoms with E-state index in [1.165, 1.54) is 19.3 Å². The lowest BCUT2D eigenvalue weighted by Crippen LogP contribution is -2.32. The number of aryl methyl sites for hydroxylation is 1. The molecule has 1 saturated heterocycles. The molecule has 0 bridgehead atoms. The van der Waals surface area contributed by atoms with Crippen molar-refractivity contribution in [3.63, 3.8) is 0 Å². The Hall–Kier alpha value is -1.77. The predicted molar refractivity (Wildman–Crippen MR) is 112 cm³/mol. The Labute approximate surface area is 173 Å². The van der Waals surface area contributed by atoms with Gasteiger partial charge in [0.15, 0.2) is 0 Å². The Morgan fingerprint density at radius 1 is 0.966 bits per heavy atom. The van der Waals surface area contributed by atoms with E-state index in [1.54, 1.807) is 16.4 Å². The van der Waals surface area contributed by atoms with Gasteiger partial charge in [0.25, 0.3) is 0 Å². The SMILES string of the molecule is CC(C)c1ccc(S(=O)(=O)N2CCCn3nnc(CN4CCCCC4)c3C2)cc1. The van der Waals surface area contributed by atoms with Crippen molar-refractivity contribution in [3.05, 3.63) is 41.2 Å². The summed E-state index contributed by atoms with van der Waals surface area (Å²) in [4.78, 5) is 2.77. The third-order valence-electron chi connectivity index (χ3n) is 6.03. The van der Waals surface area contributed by atoms with Crippen LogP contribution in [0.3, 0.4) is 0 Å². The number of hydrogen-bond acceptors (Lipinski definition) is 5. The van der Waals surface area contributed by atoms with Crippen molar-refractivity contribution in [1.29, 1.82) is 0 Å². The molecule has 2 aliphatic heterocycles. The minimum Gasteiger partial charge on any atom is -0.297 e. The van der Waals surface area contributed by atoms with E-state index < -0.39 is 10.0 Å². The highest BCUT2D eigenvalue weighted by Gasteiger charge is 2.30. The van der Waals surface area contributed by atoms with Crippen LogP contribution in [0.5, 0.6) is 0 Å². The van der Waals surface area contributed by atoms with Gasteiger partial charge in [-0.2, -0.15) is 4.31 Å². The summed E-state index contributed by atoms with van der Waals surface area (Å²) < 4.78 is 30.1. The van der Waals surface area contributed by atoms with Gasteiger partial charge in [-0.25, -0.2) is 13.1 Å². The van der Waals surface area contributed by atoms with Gasteiger partial charge in [-0.1, -0.05) is 37.6 Å². The molecule has 0 N–H and O–H groups in total. The van der Waals surface area contributed by atoms with Gasteiger partial charge in [-0.3, -0.25) is 4.90 Å². The van der Waals surface area contributed by atoms with Crippen LogP contribution in [0.4, 0.5) is 0 Å². The molecular formula is C21H31N5O2S. The monoisotopic (exact) mass is 417 g/mol. The molecule has 0 amide bonds. The topological polar surface area (TPSA) is 71.3 Å². The number of hydrogen-bond donors (Lipinski definition) is 0. The van der Waals surface area contributed by atoms with Gasteiger partial charge < -0.3 is 0 Å². The zero-order valence-corrected chi connectivity index (χ0v) is 18.2. The number of sulfonamides is 1. The molecule has 0 saturated carbocycles. The second-order valence-electron chi connectivity index (χ2n) is 8.46. The van der Waals surface area contributed by atoms with E-state index in [4.69, 9.17) is 0 Å². The summed E-state index contributed by atoms with van der Waals surface area (Å²) in [7, 11) is -3.55. The Bertz CT molecular complexity index is 930. The van der Waals surface area contributed by atoms with Crippen LogP contribution < -0.4 is 0 Å². The van der Waals surface area contributed by atoms with Crippen molar-refractivity contribution < 1.29 is 8.42 Å². The fraction of sp³-hybridized carbons (Fsp3) is 0.619. The summed E-state index contributed by atoms with van der Waals surface area (Å²) >= 11 is 0. The number of fused-ring (bicyclic) bond motifs is 1. The number of rotatable bonds is 5. The van der Waals surface area contributed by atoms with Crippen LogP contribution in [0.25, 0.3) is 0 Å². The van der Waals surface area contributed by atoms with E-state index in [2.05, 4.69) is 29.1 Å². The maximum absolute atomic E-state index is 13.3. The van der Waals surface area contributed by atoms with Crippen molar-refractivity contribution in [1.82, 2.24) is 24.2 Å². The van der Waals surface area contributed by atoms with Crippen LogP contribution in [-0.2, 0) is 29.7 Å². The van der Waals surface area contributed by atoms with E-state index in [1.807, 2.05) is 16.8 Å². The van der Waals surface area contributed by atoms with Gasteiger partial charge in [-0.05, 0) is 56.0 Å². The first-order chi connectivity index (χ1) is 13.9. The van der Waals surface area contributed by atoms with Crippen molar-refractivity contribution in [3.8, 4) is 0 Å². The second-order valence-corrected chi connectivity index (χ2v) is 10.4. The summed E-state index contributed by atoms with van der Waals surface area (Å²) in [6.45, 7) is 8.68. The van der Waals surface area contributed by atoms with Crippen LogP contribution in [-0.4, -0.2) is 52.3 Å². The number of aromatic nitrogens is 3. The molecule has 29 heavy (non-hydrogen) atoms. The van der Waals surface area contributed by atoms with E-state index in [9.17, 15) is 8.42 Å². The normalized spacial score (nSPS) is 19.3. The van der Waals surface area contributed by atoms with Gasteiger partial charge in [0.2, 0.25) is 10.0 Å². The Kier molecular flexibility index (Phi) is 6.03. The van der Waals surface area contributed by atoms with Gasteiger partial charge >= 0.3 is 0 Å². The molecule has 0 atom stereocenters. The molecule has 2 aromatic rings. The fourth-order valence-electron chi connectivity index (χ4n) is 4.20. The molecule has 8 heteroatoms. The third kappa shape index (κ3) is 4.39. The van der Waals surface area contributed by atoms with E-state index >= 15 is 0 Å². The van der Waals surface area contributed by atoms with Crippen molar-refractivity contribution in [2.24, 2.45) is 0 Å². The molecule has 0 spiro atoms. The number of likely N-dealkylation sites (tertiary alicyclic amines) is 1. The van der Waals surface area contributed by atoms with Crippen LogP contribution in [0.15, 0.2) is 29.2 Å². The van der Waals surface area contributed by atoms with Crippen LogP contribution in [0, 0.1) is 0 Å². The summed E-state index contributed by atoms with van der Waals surface area (Å²) in [6.07, 6.45) is 4.47. The molecular weight excluding hydrogens is 386 g/mol. The first kappa shape index (κ1) is 20.5. The molecule has 0 radical (unpaired) electrons. The summed E-state index contributed by atoms with van der Waals surface area (Å²) in [5.74, 6) is 0.378. The Morgan fingerprint density at radius 2 is 1.69 bits per heavy atom.